The summed E-state index contributed by atoms with van der Waals surface area (Å²) < 4.78 is 12.2. The predicted molar refractivity (Wildman–Crippen MR) is 72.0 cm³/mol. The third kappa shape index (κ3) is 1.60. The molecule has 2 heterocycles. The summed E-state index contributed by atoms with van der Waals surface area (Å²) in [5.74, 6) is 1.23. The summed E-state index contributed by atoms with van der Waals surface area (Å²) >= 11 is 0. The van der Waals surface area contributed by atoms with Gasteiger partial charge in [-0.2, -0.15) is 5.26 Å². The first-order chi connectivity index (χ1) is 9.69. The van der Waals surface area contributed by atoms with Gasteiger partial charge in [-0.3, -0.25) is 9.55 Å². The van der Waals surface area contributed by atoms with E-state index in [1.54, 1.807) is 18.8 Å². The number of aromatic amines is 1. The predicted octanol–water partition coefficient (Wildman–Crippen LogP) is 1.29. The number of hydrogen-bond donors (Lipinski definition) is 1. The number of ether oxygens (including phenoxy) is 2. The number of rotatable bonds is 2. The molecule has 0 aliphatic carbocycles. The topological polar surface area (TPSA) is 80.0 Å². The van der Waals surface area contributed by atoms with Crippen LogP contribution in [-0.4, -0.2) is 23.8 Å². The average molecular weight is 271 g/mol. The van der Waals surface area contributed by atoms with Crippen molar-refractivity contribution < 1.29 is 9.47 Å². The van der Waals surface area contributed by atoms with Gasteiger partial charge in [0.05, 0.1) is 19.9 Å². The van der Waals surface area contributed by atoms with Crippen molar-refractivity contribution in [2.45, 2.75) is 13.0 Å². The van der Waals surface area contributed by atoms with E-state index in [2.05, 4.69) is 4.98 Å². The molecule has 102 valence electrons. The van der Waals surface area contributed by atoms with Crippen LogP contribution in [0.2, 0.25) is 0 Å². The first-order valence-corrected chi connectivity index (χ1v) is 6.17. The van der Waals surface area contributed by atoms with Crippen molar-refractivity contribution in [1.29, 1.82) is 5.26 Å². The van der Waals surface area contributed by atoms with E-state index in [0.717, 1.165) is 11.1 Å². The maximum Gasteiger partial charge on any atom is 0.327 e. The molecular weight excluding hydrogens is 258 g/mol. The summed E-state index contributed by atoms with van der Waals surface area (Å²) in [5.41, 5.74) is 2.53. The molecule has 1 aliphatic rings. The first kappa shape index (κ1) is 12.4. The van der Waals surface area contributed by atoms with Crippen LogP contribution in [-0.2, 0) is 13.0 Å². The van der Waals surface area contributed by atoms with Crippen molar-refractivity contribution in [3.63, 3.8) is 0 Å². The zero-order valence-corrected chi connectivity index (χ0v) is 11.2. The van der Waals surface area contributed by atoms with Gasteiger partial charge in [-0.1, -0.05) is 0 Å². The molecule has 0 unspecified atom stereocenters. The number of hydrogen-bond acceptors (Lipinski definition) is 4. The minimum atomic E-state index is -0.253. The molecule has 0 saturated heterocycles. The Hall–Kier alpha value is -2.68. The van der Waals surface area contributed by atoms with Gasteiger partial charge in [0.25, 0.3) is 0 Å². The van der Waals surface area contributed by atoms with Crippen LogP contribution in [0.5, 0.6) is 11.5 Å². The van der Waals surface area contributed by atoms with Crippen LogP contribution in [0.25, 0.3) is 11.3 Å². The molecule has 1 aromatic carbocycles. The molecule has 0 atom stereocenters. The van der Waals surface area contributed by atoms with Crippen LogP contribution < -0.4 is 15.2 Å². The summed E-state index contributed by atoms with van der Waals surface area (Å²) in [4.78, 5) is 14.4. The third-order valence-corrected chi connectivity index (χ3v) is 3.56. The van der Waals surface area contributed by atoms with Crippen LogP contribution in [0.4, 0.5) is 0 Å². The zero-order valence-electron chi connectivity index (χ0n) is 11.2. The van der Waals surface area contributed by atoms with E-state index >= 15 is 0 Å². The minimum Gasteiger partial charge on any atom is -0.493 e. The summed E-state index contributed by atoms with van der Waals surface area (Å²) in [7, 11) is 3.14. The normalized spacial score (nSPS) is 12.2. The molecule has 2 aromatic rings. The molecule has 0 saturated carbocycles. The lowest BCUT2D eigenvalue weighted by atomic mass is 9.96. The highest BCUT2D eigenvalue weighted by Crippen LogP contribution is 2.38. The summed E-state index contributed by atoms with van der Waals surface area (Å²) in [6.07, 6.45) is 0.714. The van der Waals surface area contributed by atoms with E-state index in [4.69, 9.17) is 9.47 Å². The first-order valence-electron chi connectivity index (χ1n) is 6.17. The van der Waals surface area contributed by atoms with Gasteiger partial charge >= 0.3 is 5.69 Å². The number of H-pyrrole nitrogens is 1. The van der Waals surface area contributed by atoms with E-state index in [9.17, 15) is 10.1 Å². The van der Waals surface area contributed by atoms with Crippen molar-refractivity contribution in [1.82, 2.24) is 9.55 Å². The number of nitriles is 1. The summed E-state index contributed by atoms with van der Waals surface area (Å²) in [5, 5.41) is 9.17. The molecule has 0 fully saturated rings. The van der Waals surface area contributed by atoms with Crippen molar-refractivity contribution in [3.05, 3.63) is 33.9 Å². The Kier molecular flexibility index (Phi) is 2.75. The van der Waals surface area contributed by atoms with Crippen LogP contribution in [0.3, 0.4) is 0 Å². The largest absolute Gasteiger partial charge is 0.493 e. The smallest absolute Gasteiger partial charge is 0.327 e. The zero-order chi connectivity index (χ0) is 14.3. The Labute approximate surface area is 115 Å². The Bertz CT molecular complexity index is 780. The molecule has 0 radical (unpaired) electrons. The second-order valence-corrected chi connectivity index (χ2v) is 4.53. The molecule has 0 amide bonds. The third-order valence-electron chi connectivity index (χ3n) is 3.56. The average Bonchev–Trinajstić information content (AvgIpc) is 2.82. The Morgan fingerprint density at radius 3 is 2.65 bits per heavy atom. The maximum absolute atomic E-state index is 11.8. The molecule has 6 heteroatoms. The lowest BCUT2D eigenvalue weighted by Gasteiger charge is -2.20. The lowest BCUT2D eigenvalue weighted by Crippen LogP contribution is -2.22. The van der Waals surface area contributed by atoms with Gasteiger partial charge in [0.2, 0.25) is 0 Å². The van der Waals surface area contributed by atoms with Gasteiger partial charge in [-0.25, -0.2) is 4.79 Å². The van der Waals surface area contributed by atoms with Gasteiger partial charge in [0.15, 0.2) is 11.5 Å². The van der Waals surface area contributed by atoms with Gasteiger partial charge in [0, 0.05) is 12.1 Å². The fraction of sp³-hybridized carbons (Fsp3) is 0.286. The van der Waals surface area contributed by atoms with Gasteiger partial charge < -0.3 is 9.47 Å². The molecule has 1 aliphatic heterocycles. The van der Waals surface area contributed by atoms with E-state index in [-0.39, 0.29) is 11.4 Å². The van der Waals surface area contributed by atoms with E-state index in [0.29, 0.717) is 30.2 Å². The van der Waals surface area contributed by atoms with Crippen LogP contribution >= 0.6 is 0 Å². The van der Waals surface area contributed by atoms with Crippen molar-refractivity contribution in [2.24, 2.45) is 0 Å². The van der Waals surface area contributed by atoms with Crippen LogP contribution in [0.15, 0.2) is 16.9 Å². The van der Waals surface area contributed by atoms with E-state index < -0.39 is 0 Å². The Morgan fingerprint density at radius 1 is 1.30 bits per heavy atom. The van der Waals surface area contributed by atoms with Crippen LogP contribution in [0.1, 0.15) is 11.3 Å². The quantitative estimate of drug-likeness (QED) is 0.892. The SMILES string of the molecule is COc1cc2c(cc1OC)-c1c(C#N)[nH]c(=O)n1CC2. The summed E-state index contributed by atoms with van der Waals surface area (Å²) in [6.45, 7) is 0.550. The number of aryl methyl sites for hydroxylation is 1. The Balaban J connectivity index is 2.31. The number of aromatic nitrogens is 2. The molecule has 20 heavy (non-hydrogen) atoms. The number of imidazole rings is 1. The van der Waals surface area contributed by atoms with Gasteiger partial charge in [0.1, 0.15) is 11.8 Å². The maximum atomic E-state index is 11.8. The molecule has 3 rings (SSSR count). The van der Waals surface area contributed by atoms with E-state index in [1.165, 1.54) is 0 Å². The number of methoxy groups -OCH3 is 2. The number of nitrogens with zero attached hydrogens (tertiary/aromatic N) is 2. The number of fused-ring (bicyclic) bond motifs is 3. The summed E-state index contributed by atoms with van der Waals surface area (Å²) in [6, 6.07) is 5.75. The standard InChI is InChI=1S/C14H13N3O3/c1-19-11-5-8-3-4-17-13(9(8)6-12(11)20-2)10(7-15)16-14(17)18/h5-6H,3-4H2,1-2H3,(H,16,18). The monoisotopic (exact) mass is 271 g/mol. The lowest BCUT2D eigenvalue weighted by molar-refractivity contribution is 0.354. The second kappa shape index (κ2) is 4.46. The molecule has 1 N–H and O–H groups in total. The highest BCUT2D eigenvalue weighted by Gasteiger charge is 2.24. The number of nitrogens with one attached hydrogen (secondary N) is 1. The van der Waals surface area contributed by atoms with Crippen molar-refractivity contribution in [3.8, 4) is 28.8 Å². The second-order valence-electron chi connectivity index (χ2n) is 4.53. The molecule has 1 aromatic heterocycles. The van der Waals surface area contributed by atoms with Gasteiger partial charge in [-0.15, -0.1) is 0 Å². The number of benzene rings is 1. The molecular formula is C14H13N3O3. The van der Waals surface area contributed by atoms with Crippen molar-refractivity contribution in [2.75, 3.05) is 14.2 Å². The van der Waals surface area contributed by atoms with E-state index in [1.807, 2.05) is 18.2 Å². The minimum absolute atomic E-state index is 0.253. The van der Waals surface area contributed by atoms with Crippen molar-refractivity contribution >= 4 is 0 Å². The van der Waals surface area contributed by atoms with Crippen LogP contribution in [0, 0.1) is 11.3 Å². The fourth-order valence-corrected chi connectivity index (χ4v) is 2.63. The molecule has 0 spiro atoms. The highest BCUT2D eigenvalue weighted by atomic mass is 16.5. The molecule has 6 nitrogen and oxygen atoms in total. The highest BCUT2D eigenvalue weighted by molar-refractivity contribution is 5.73. The fourth-order valence-electron chi connectivity index (χ4n) is 2.63. The van der Waals surface area contributed by atoms with Gasteiger partial charge in [-0.05, 0) is 24.1 Å². The molecule has 0 bridgehead atoms. The Morgan fingerprint density at radius 2 is 2.00 bits per heavy atom.